The molecule has 0 saturated heterocycles. The van der Waals surface area contributed by atoms with Crippen LogP contribution in [0.1, 0.15) is 15.9 Å². The van der Waals surface area contributed by atoms with Crippen molar-refractivity contribution in [2.75, 3.05) is 11.1 Å². The van der Waals surface area contributed by atoms with E-state index in [9.17, 15) is 9.59 Å². The molecule has 1 aromatic carbocycles. The van der Waals surface area contributed by atoms with Crippen LogP contribution in [0.25, 0.3) is 11.6 Å². The van der Waals surface area contributed by atoms with E-state index in [0.29, 0.717) is 33.9 Å². The molecule has 10 heteroatoms. The van der Waals surface area contributed by atoms with Crippen LogP contribution in [-0.2, 0) is 11.3 Å². The summed E-state index contributed by atoms with van der Waals surface area (Å²) in [7, 11) is 0. The quantitative estimate of drug-likeness (QED) is 0.406. The minimum absolute atomic E-state index is 0.0984. The third-order valence-electron chi connectivity index (χ3n) is 4.16. The number of thioether (sulfide) groups is 1. The second-order valence-corrected chi connectivity index (χ2v) is 8.08. The summed E-state index contributed by atoms with van der Waals surface area (Å²) in [6.07, 6.45) is 1.58. The molecule has 3 aromatic heterocycles. The molecule has 0 saturated carbocycles. The first-order chi connectivity index (χ1) is 14.6. The number of nitrogens with zero attached hydrogens (tertiary/aromatic N) is 3. The Morgan fingerprint density at radius 1 is 1.13 bits per heavy atom. The highest BCUT2D eigenvalue weighted by molar-refractivity contribution is 7.99. The Kier molecular flexibility index (Phi) is 5.96. The first kappa shape index (κ1) is 19.9. The Bertz CT molecular complexity index is 1150. The molecule has 0 aliphatic carbocycles. The Labute approximate surface area is 180 Å². The minimum Gasteiger partial charge on any atom is -0.461 e. The first-order valence-corrected chi connectivity index (χ1v) is 10.8. The van der Waals surface area contributed by atoms with Crippen molar-refractivity contribution in [2.24, 2.45) is 5.73 Å². The van der Waals surface area contributed by atoms with Gasteiger partial charge in [0.1, 0.15) is 5.00 Å². The zero-order valence-corrected chi connectivity index (χ0v) is 17.3. The molecule has 3 heterocycles. The zero-order valence-electron chi connectivity index (χ0n) is 15.6. The maximum atomic E-state index is 12.4. The molecule has 2 amide bonds. The molecule has 0 radical (unpaired) electrons. The van der Waals surface area contributed by atoms with Gasteiger partial charge < -0.3 is 15.5 Å². The maximum Gasteiger partial charge on any atom is 0.251 e. The van der Waals surface area contributed by atoms with Crippen molar-refractivity contribution in [1.82, 2.24) is 14.8 Å². The zero-order chi connectivity index (χ0) is 20.9. The summed E-state index contributed by atoms with van der Waals surface area (Å²) in [5.41, 5.74) is 6.69. The van der Waals surface area contributed by atoms with Gasteiger partial charge in [0.05, 0.1) is 24.1 Å². The van der Waals surface area contributed by atoms with Gasteiger partial charge in [-0.3, -0.25) is 14.2 Å². The summed E-state index contributed by atoms with van der Waals surface area (Å²) >= 11 is 2.50. The molecule has 0 atom stereocenters. The number of amides is 2. The standard InChI is InChI=1S/C20H17N5O3S2/c21-17(27)14-8-10-29-19(14)22-16(26)12-30-20-24-23-18(15-7-4-9-28-15)25(20)11-13-5-2-1-3-6-13/h1-10H,11-12H2,(H2,21,27)(H,22,26). The lowest BCUT2D eigenvalue weighted by atomic mass is 10.2. The van der Waals surface area contributed by atoms with Crippen LogP contribution in [0.3, 0.4) is 0 Å². The Balaban J connectivity index is 1.51. The number of hydrogen-bond donors (Lipinski definition) is 2. The predicted octanol–water partition coefficient (Wildman–Crippen LogP) is 3.48. The number of hydrogen-bond acceptors (Lipinski definition) is 7. The molecular weight excluding hydrogens is 422 g/mol. The van der Waals surface area contributed by atoms with Crippen LogP contribution >= 0.6 is 23.1 Å². The number of furan rings is 1. The first-order valence-electron chi connectivity index (χ1n) is 8.93. The van der Waals surface area contributed by atoms with Crippen LogP contribution in [0.2, 0.25) is 0 Å². The molecule has 0 fully saturated rings. The minimum atomic E-state index is -0.579. The van der Waals surface area contributed by atoms with E-state index in [-0.39, 0.29) is 11.7 Å². The molecular formula is C20H17N5O3S2. The number of rotatable bonds is 8. The van der Waals surface area contributed by atoms with Gasteiger partial charge in [0.2, 0.25) is 11.7 Å². The summed E-state index contributed by atoms with van der Waals surface area (Å²) in [4.78, 5) is 23.8. The van der Waals surface area contributed by atoms with Crippen LogP contribution in [0, 0.1) is 0 Å². The Hall–Kier alpha value is -3.37. The number of primary amides is 1. The highest BCUT2D eigenvalue weighted by Gasteiger charge is 2.19. The smallest absolute Gasteiger partial charge is 0.251 e. The number of carbonyl (C=O) groups is 2. The molecule has 0 bridgehead atoms. The molecule has 0 spiro atoms. The number of carbonyl (C=O) groups excluding carboxylic acids is 2. The fraction of sp³-hybridized carbons (Fsp3) is 0.100. The van der Waals surface area contributed by atoms with E-state index < -0.39 is 5.91 Å². The van der Waals surface area contributed by atoms with E-state index in [1.807, 2.05) is 41.0 Å². The third-order valence-corrected chi connectivity index (χ3v) is 5.95. The SMILES string of the molecule is NC(=O)c1ccsc1NC(=O)CSc1nnc(-c2ccco2)n1Cc1ccccc1. The summed E-state index contributed by atoms with van der Waals surface area (Å²) in [5, 5.41) is 14.0. The van der Waals surface area contributed by atoms with E-state index in [0.717, 1.165) is 5.56 Å². The van der Waals surface area contributed by atoms with Gasteiger partial charge in [-0.15, -0.1) is 21.5 Å². The van der Waals surface area contributed by atoms with Crippen molar-refractivity contribution in [3.05, 3.63) is 71.3 Å². The number of benzene rings is 1. The second kappa shape index (κ2) is 8.97. The van der Waals surface area contributed by atoms with Crippen molar-refractivity contribution in [2.45, 2.75) is 11.7 Å². The van der Waals surface area contributed by atoms with E-state index in [1.165, 1.54) is 23.1 Å². The average molecular weight is 440 g/mol. The number of aromatic nitrogens is 3. The lowest BCUT2D eigenvalue weighted by molar-refractivity contribution is -0.113. The van der Waals surface area contributed by atoms with Gasteiger partial charge in [0.25, 0.3) is 5.91 Å². The molecule has 30 heavy (non-hydrogen) atoms. The van der Waals surface area contributed by atoms with Gasteiger partial charge in [-0.1, -0.05) is 42.1 Å². The van der Waals surface area contributed by atoms with E-state index in [4.69, 9.17) is 10.2 Å². The van der Waals surface area contributed by atoms with Crippen LogP contribution < -0.4 is 11.1 Å². The van der Waals surface area contributed by atoms with Gasteiger partial charge in [0, 0.05) is 0 Å². The van der Waals surface area contributed by atoms with Crippen LogP contribution in [0.15, 0.2) is 69.7 Å². The molecule has 0 aliphatic heterocycles. The Morgan fingerprint density at radius 2 is 1.97 bits per heavy atom. The molecule has 4 rings (SSSR count). The van der Waals surface area contributed by atoms with Crippen LogP contribution in [0.4, 0.5) is 5.00 Å². The van der Waals surface area contributed by atoms with Crippen molar-refractivity contribution in [3.63, 3.8) is 0 Å². The molecule has 0 aliphatic rings. The van der Waals surface area contributed by atoms with Gasteiger partial charge in [-0.25, -0.2) is 0 Å². The average Bonchev–Trinajstić information content (AvgIpc) is 3.48. The van der Waals surface area contributed by atoms with E-state index in [2.05, 4.69) is 15.5 Å². The van der Waals surface area contributed by atoms with E-state index >= 15 is 0 Å². The van der Waals surface area contributed by atoms with E-state index in [1.54, 1.807) is 23.8 Å². The lowest BCUT2D eigenvalue weighted by Crippen LogP contribution is -2.18. The van der Waals surface area contributed by atoms with Crippen LogP contribution in [-0.4, -0.2) is 32.3 Å². The Morgan fingerprint density at radius 3 is 2.70 bits per heavy atom. The third kappa shape index (κ3) is 4.44. The molecule has 0 unspecified atom stereocenters. The largest absolute Gasteiger partial charge is 0.461 e. The fourth-order valence-corrected chi connectivity index (χ4v) is 4.33. The van der Waals surface area contributed by atoms with Crippen molar-refractivity contribution in [1.29, 1.82) is 0 Å². The van der Waals surface area contributed by atoms with Gasteiger partial charge >= 0.3 is 0 Å². The van der Waals surface area contributed by atoms with Crippen molar-refractivity contribution >= 4 is 39.9 Å². The summed E-state index contributed by atoms with van der Waals surface area (Å²) in [6, 6.07) is 15.1. The highest BCUT2D eigenvalue weighted by atomic mass is 32.2. The monoisotopic (exact) mass is 439 g/mol. The summed E-state index contributed by atoms with van der Waals surface area (Å²) in [6.45, 7) is 0.532. The second-order valence-electron chi connectivity index (χ2n) is 6.22. The molecule has 152 valence electrons. The number of nitrogens with one attached hydrogen (secondary N) is 1. The number of anilines is 1. The van der Waals surface area contributed by atoms with Crippen LogP contribution in [0.5, 0.6) is 0 Å². The summed E-state index contributed by atoms with van der Waals surface area (Å²) in [5.74, 6) is 0.436. The number of thiophene rings is 1. The van der Waals surface area contributed by atoms with Gasteiger partial charge in [0.15, 0.2) is 10.9 Å². The lowest BCUT2D eigenvalue weighted by Gasteiger charge is -2.09. The maximum absolute atomic E-state index is 12.4. The highest BCUT2D eigenvalue weighted by Crippen LogP contribution is 2.27. The van der Waals surface area contributed by atoms with Crippen molar-refractivity contribution in [3.8, 4) is 11.6 Å². The fourth-order valence-electron chi connectivity index (χ4n) is 2.78. The summed E-state index contributed by atoms with van der Waals surface area (Å²) < 4.78 is 7.40. The molecule has 8 nitrogen and oxygen atoms in total. The van der Waals surface area contributed by atoms with Gasteiger partial charge in [-0.05, 0) is 29.1 Å². The molecule has 4 aromatic rings. The normalized spacial score (nSPS) is 10.8. The topological polar surface area (TPSA) is 116 Å². The number of nitrogens with two attached hydrogens (primary N) is 1. The predicted molar refractivity (Wildman–Crippen MR) is 115 cm³/mol. The van der Waals surface area contributed by atoms with Crippen molar-refractivity contribution < 1.29 is 14.0 Å². The molecule has 3 N–H and O–H groups in total. The van der Waals surface area contributed by atoms with Gasteiger partial charge in [-0.2, -0.15) is 0 Å².